The number of anilines is 1. The third kappa shape index (κ3) is 4.61. The van der Waals surface area contributed by atoms with Crippen molar-refractivity contribution < 1.29 is 13.6 Å². The Labute approximate surface area is 153 Å². The number of pyridine rings is 1. The van der Waals surface area contributed by atoms with Gasteiger partial charge in [0.15, 0.2) is 0 Å². The van der Waals surface area contributed by atoms with Crippen LogP contribution in [-0.4, -0.2) is 26.6 Å². The van der Waals surface area contributed by atoms with Gasteiger partial charge in [0.2, 0.25) is 5.91 Å². The van der Waals surface area contributed by atoms with Crippen LogP contribution in [0.2, 0.25) is 0 Å². The molecule has 0 saturated carbocycles. The number of rotatable bonds is 4. The number of hydrogen-bond acceptors (Lipinski definition) is 5. The molecule has 0 aromatic carbocycles. The van der Waals surface area contributed by atoms with Gasteiger partial charge in [-0.3, -0.25) is 14.6 Å². The molecule has 0 unspecified atom stereocenters. The first-order valence-corrected chi connectivity index (χ1v) is 8.17. The van der Waals surface area contributed by atoms with E-state index in [0.717, 1.165) is 4.68 Å². The Morgan fingerprint density at radius 1 is 1.37 bits per heavy atom. The molecule has 0 spiro atoms. The van der Waals surface area contributed by atoms with Gasteiger partial charge in [-0.1, -0.05) is 6.08 Å². The largest absolute Gasteiger partial charge is 0.323 e. The zero-order valence-corrected chi connectivity index (χ0v) is 14.2. The maximum atomic E-state index is 13.3. The molecule has 1 aliphatic carbocycles. The Kier molecular flexibility index (Phi) is 5.07. The maximum Gasteiger partial charge on any atom is 0.267 e. The highest BCUT2D eigenvalue weighted by atomic mass is 19.3. The second kappa shape index (κ2) is 7.45. The minimum absolute atomic E-state index is 0.150. The van der Waals surface area contributed by atoms with Crippen molar-refractivity contribution in [3.05, 3.63) is 58.3 Å². The number of nitrogens with one attached hydrogen (secondary N) is 1. The molecule has 0 aliphatic heterocycles. The molecule has 1 amide bonds. The summed E-state index contributed by atoms with van der Waals surface area (Å²) in [4.78, 5) is 28.0. The number of nitrogens with zero attached hydrogens (tertiary/aromatic N) is 4. The number of aromatic nitrogens is 3. The van der Waals surface area contributed by atoms with Gasteiger partial charge in [-0.25, -0.2) is 13.5 Å². The van der Waals surface area contributed by atoms with Crippen LogP contribution in [0.1, 0.15) is 30.5 Å². The second-order valence-electron chi connectivity index (χ2n) is 6.13. The van der Waals surface area contributed by atoms with Crippen LogP contribution in [0.4, 0.5) is 14.5 Å². The molecule has 27 heavy (non-hydrogen) atoms. The number of amides is 1. The Bertz CT molecular complexity index is 1010. The number of hydrogen-bond donors (Lipinski definition) is 1. The number of carbonyl (C=O) groups is 1. The SMILES string of the molecule is N#Cc1cncc(NC(=O)Cn2nc(C3=CCC(F)(F)CC3)ccc2=O)c1. The second-order valence-corrected chi connectivity index (χ2v) is 6.13. The molecule has 0 fully saturated rings. The number of nitriles is 1. The van der Waals surface area contributed by atoms with Crippen molar-refractivity contribution in [1.82, 2.24) is 14.8 Å². The zero-order chi connectivity index (χ0) is 19.4. The molecule has 2 heterocycles. The Balaban J connectivity index is 1.75. The number of alkyl halides is 2. The lowest BCUT2D eigenvalue weighted by Crippen LogP contribution is -2.30. The third-order valence-corrected chi connectivity index (χ3v) is 4.05. The highest BCUT2D eigenvalue weighted by Gasteiger charge is 2.31. The van der Waals surface area contributed by atoms with E-state index in [4.69, 9.17) is 5.26 Å². The normalized spacial score (nSPS) is 15.5. The van der Waals surface area contributed by atoms with Gasteiger partial charge < -0.3 is 5.32 Å². The third-order valence-electron chi connectivity index (χ3n) is 4.05. The predicted molar refractivity (Wildman–Crippen MR) is 92.9 cm³/mol. The molecule has 9 heteroatoms. The van der Waals surface area contributed by atoms with E-state index < -0.39 is 17.4 Å². The monoisotopic (exact) mass is 371 g/mol. The lowest BCUT2D eigenvalue weighted by Gasteiger charge is -2.21. The molecule has 7 nitrogen and oxygen atoms in total. The van der Waals surface area contributed by atoms with Crippen LogP contribution in [-0.2, 0) is 11.3 Å². The minimum Gasteiger partial charge on any atom is -0.323 e. The molecule has 0 bridgehead atoms. The van der Waals surface area contributed by atoms with E-state index in [1.54, 1.807) is 0 Å². The van der Waals surface area contributed by atoms with Crippen LogP contribution < -0.4 is 10.9 Å². The van der Waals surface area contributed by atoms with Crippen LogP contribution in [0.3, 0.4) is 0 Å². The molecule has 2 aromatic heterocycles. The van der Waals surface area contributed by atoms with Gasteiger partial charge in [0.25, 0.3) is 11.5 Å². The van der Waals surface area contributed by atoms with Crippen molar-refractivity contribution in [1.29, 1.82) is 5.26 Å². The van der Waals surface area contributed by atoms with Crippen LogP contribution >= 0.6 is 0 Å². The molecular formula is C18H15F2N5O2. The number of allylic oxidation sites excluding steroid dienone is 2. The van der Waals surface area contributed by atoms with Crippen molar-refractivity contribution in [3.8, 4) is 6.07 Å². The average molecular weight is 371 g/mol. The van der Waals surface area contributed by atoms with E-state index in [-0.39, 0.29) is 31.4 Å². The summed E-state index contributed by atoms with van der Waals surface area (Å²) in [6.45, 7) is -0.354. The Hall–Kier alpha value is -3.41. The first kappa shape index (κ1) is 18.4. The van der Waals surface area contributed by atoms with E-state index in [1.165, 1.54) is 36.7 Å². The van der Waals surface area contributed by atoms with Gasteiger partial charge in [0, 0.05) is 25.1 Å². The van der Waals surface area contributed by atoms with Crippen LogP contribution in [0.5, 0.6) is 0 Å². The van der Waals surface area contributed by atoms with Crippen molar-refractivity contribution in [3.63, 3.8) is 0 Å². The topological polar surface area (TPSA) is 101 Å². The predicted octanol–water partition coefficient (Wildman–Crippen LogP) is 2.35. The summed E-state index contributed by atoms with van der Waals surface area (Å²) in [7, 11) is 0. The summed E-state index contributed by atoms with van der Waals surface area (Å²) >= 11 is 0. The van der Waals surface area contributed by atoms with E-state index >= 15 is 0 Å². The fraction of sp³-hybridized carbons (Fsp3) is 0.278. The number of carbonyl (C=O) groups excluding carboxylic acids is 1. The summed E-state index contributed by atoms with van der Waals surface area (Å²) < 4.78 is 27.5. The smallest absolute Gasteiger partial charge is 0.267 e. The molecule has 0 radical (unpaired) electrons. The fourth-order valence-corrected chi connectivity index (χ4v) is 2.67. The van der Waals surface area contributed by atoms with Crippen LogP contribution in [0.25, 0.3) is 5.57 Å². The van der Waals surface area contributed by atoms with Gasteiger partial charge in [0.05, 0.1) is 23.1 Å². The highest BCUT2D eigenvalue weighted by molar-refractivity contribution is 5.90. The average Bonchev–Trinajstić information content (AvgIpc) is 2.64. The lowest BCUT2D eigenvalue weighted by atomic mass is 9.94. The number of halogens is 2. The minimum atomic E-state index is -2.72. The first-order valence-electron chi connectivity index (χ1n) is 8.17. The standard InChI is InChI=1S/C18H15F2N5O2/c19-18(20)5-3-13(4-6-18)15-1-2-17(27)25(24-15)11-16(26)23-14-7-12(8-21)9-22-10-14/h1-3,7,9-10H,4-6,11H2,(H,23,26). The van der Waals surface area contributed by atoms with Crippen molar-refractivity contribution in [2.24, 2.45) is 0 Å². The van der Waals surface area contributed by atoms with Crippen LogP contribution in [0.15, 0.2) is 41.5 Å². The summed E-state index contributed by atoms with van der Waals surface area (Å²) in [6.07, 6.45) is 3.65. The van der Waals surface area contributed by atoms with Crippen molar-refractivity contribution in [2.75, 3.05) is 5.32 Å². The lowest BCUT2D eigenvalue weighted by molar-refractivity contribution is -0.117. The molecule has 3 rings (SSSR count). The molecule has 0 saturated heterocycles. The van der Waals surface area contributed by atoms with Crippen LogP contribution in [0, 0.1) is 11.3 Å². The van der Waals surface area contributed by atoms with Gasteiger partial charge in [-0.15, -0.1) is 0 Å². The zero-order valence-electron chi connectivity index (χ0n) is 14.2. The van der Waals surface area contributed by atoms with Gasteiger partial charge >= 0.3 is 0 Å². The quantitative estimate of drug-likeness (QED) is 0.889. The summed E-state index contributed by atoms with van der Waals surface area (Å²) in [5.74, 6) is -3.24. The molecule has 1 aliphatic rings. The molecule has 2 aromatic rings. The summed E-state index contributed by atoms with van der Waals surface area (Å²) in [5, 5.41) is 15.5. The first-order chi connectivity index (χ1) is 12.9. The highest BCUT2D eigenvalue weighted by Crippen LogP contribution is 2.35. The summed E-state index contributed by atoms with van der Waals surface area (Å²) in [6, 6.07) is 6.07. The molecular weight excluding hydrogens is 356 g/mol. The van der Waals surface area contributed by atoms with Gasteiger partial charge in [0.1, 0.15) is 12.6 Å². The van der Waals surface area contributed by atoms with E-state index in [2.05, 4.69) is 15.4 Å². The van der Waals surface area contributed by atoms with E-state index in [0.29, 0.717) is 17.0 Å². The van der Waals surface area contributed by atoms with E-state index in [1.807, 2.05) is 6.07 Å². The van der Waals surface area contributed by atoms with Crippen molar-refractivity contribution in [2.45, 2.75) is 31.7 Å². The van der Waals surface area contributed by atoms with E-state index in [9.17, 15) is 18.4 Å². The Morgan fingerprint density at radius 3 is 2.89 bits per heavy atom. The maximum absolute atomic E-state index is 13.3. The van der Waals surface area contributed by atoms with Crippen molar-refractivity contribution >= 4 is 17.2 Å². The van der Waals surface area contributed by atoms with Gasteiger partial charge in [-0.05, 0) is 24.1 Å². The fourth-order valence-electron chi connectivity index (χ4n) is 2.67. The van der Waals surface area contributed by atoms with Gasteiger partial charge in [-0.2, -0.15) is 10.4 Å². The summed E-state index contributed by atoms with van der Waals surface area (Å²) in [5.41, 5.74) is 1.14. The molecule has 1 N–H and O–H groups in total. The molecule has 138 valence electrons. The Morgan fingerprint density at radius 2 is 2.19 bits per heavy atom. The molecule has 0 atom stereocenters.